The molecule has 0 spiro atoms. The minimum absolute atomic E-state index is 0.140. The summed E-state index contributed by atoms with van der Waals surface area (Å²) in [6.07, 6.45) is 12.2. The lowest BCUT2D eigenvalue weighted by atomic mass is 9.74. The Morgan fingerprint density at radius 1 is 0.696 bits per heavy atom. The summed E-state index contributed by atoms with van der Waals surface area (Å²) in [5.41, 5.74) is -0.639. The third-order valence-corrected chi connectivity index (χ3v) is 4.77. The second kappa shape index (κ2) is 13.4. The smallest absolute Gasteiger partial charge is 0.309 e. The van der Waals surface area contributed by atoms with Crippen LogP contribution in [0.1, 0.15) is 104 Å². The topological polar surface area (TPSA) is 74.6 Å². The quantitative estimate of drug-likeness (QED) is 0.359. The molecule has 0 bridgehead atoms. The molecule has 2 N–H and O–H groups in total. The highest BCUT2D eigenvalue weighted by molar-refractivity contribution is 5.74. The van der Waals surface area contributed by atoms with Crippen LogP contribution in [0.5, 0.6) is 0 Å². The van der Waals surface area contributed by atoms with E-state index in [4.69, 9.17) is 5.11 Å². The summed E-state index contributed by atoms with van der Waals surface area (Å²) in [6.45, 7) is 4.31. The summed E-state index contributed by atoms with van der Waals surface area (Å²) in [6, 6.07) is 0. The van der Waals surface area contributed by atoms with Gasteiger partial charge in [0.05, 0.1) is 5.41 Å². The van der Waals surface area contributed by atoms with Crippen molar-refractivity contribution >= 4 is 11.9 Å². The Labute approximate surface area is 141 Å². The zero-order valence-electron chi connectivity index (χ0n) is 15.1. The number of hydrogen-bond acceptors (Lipinski definition) is 2. The first-order valence-corrected chi connectivity index (χ1v) is 9.43. The molecule has 0 radical (unpaired) electrons. The Morgan fingerprint density at radius 2 is 1.13 bits per heavy atom. The van der Waals surface area contributed by atoms with E-state index in [9.17, 15) is 14.7 Å². The Kier molecular flexibility index (Phi) is 12.8. The Bertz CT molecular complexity index is 313. The van der Waals surface area contributed by atoms with Crippen LogP contribution >= 0.6 is 0 Å². The molecule has 0 heterocycles. The number of carboxylic acids is 2. The van der Waals surface area contributed by atoms with E-state index in [1.165, 1.54) is 0 Å². The van der Waals surface area contributed by atoms with Gasteiger partial charge in [0.2, 0.25) is 0 Å². The van der Waals surface area contributed by atoms with E-state index in [0.29, 0.717) is 19.3 Å². The maximum absolute atomic E-state index is 12.0. The van der Waals surface area contributed by atoms with Gasteiger partial charge < -0.3 is 10.2 Å². The lowest BCUT2D eigenvalue weighted by Gasteiger charge is -2.30. The summed E-state index contributed by atoms with van der Waals surface area (Å²) in [5, 5.41) is 18.6. The molecule has 0 amide bonds. The molecule has 4 heteroatoms. The van der Waals surface area contributed by atoms with Crippen LogP contribution in [0, 0.1) is 5.41 Å². The molecule has 0 saturated carbocycles. The van der Waals surface area contributed by atoms with E-state index in [1.807, 2.05) is 0 Å². The van der Waals surface area contributed by atoms with Gasteiger partial charge in [0.15, 0.2) is 0 Å². The van der Waals surface area contributed by atoms with Crippen molar-refractivity contribution in [3.05, 3.63) is 0 Å². The number of carboxylic acid groups (broad SMARTS) is 2. The van der Waals surface area contributed by atoms with E-state index < -0.39 is 17.4 Å². The fourth-order valence-electron chi connectivity index (χ4n) is 3.22. The van der Waals surface area contributed by atoms with Gasteiger partial charge in [-0.15, -0.1) is 0 Å². The Hall–Kier alpha value is -1.06. The van der Waals surface area contributed by atoms with E-state index in [0.717, 1.165) is 64.2 Å². The molecular formula is C19H36O4. The minimum Gasteiger partial charge on any atom is -0.481 e. The maximum atomic E-state index is 12.0. The standard InChI is InChI=1S/C19H36O4/c1-3-5-7-10-14-19(18(22)23,15-11-8-6-4-2)16-12-9-13-17(20)21/h3-16H2,1-2H3,(H,20,21)(H,22,23). The van der Waals surface area contributed by atoms with Gasteiger partial charge in [-0.1, -0.05) is 71.6 Å². The molecule has 4 nitrogen and oxygen atoms in total. The molecule has 0 aromatic heterocycles. The minimum atomic E-state index is -0.795. The largest absolute Gasteiger partial charge is 0.481 e. The molecule has 0 aromatic rings. The predicted octanol–water partition coefficient (Wildman–Crippen LogP) is 5.64. The lowest BCUT2D eigenvalue weighted by Crippen LogP contribution is -2.31. The summed E-state index contributed by atoms with van der Waals surface area (Å²) in [7, 11) is 0. The van der Waals surface area contributed by atoms with Crippen LogP contribution < -0.4 is 0 Å². The first-order chi connectivity index (χ1) is 11.0. The highest BCUT2D eigenvalue weighted by Crippen LogP contribution is 2.37. The van der Waals surface area contributed by atoms with Crippen molar-refractivity contribution in [3.8, 4) is 0 Å². The third kappa shape index (κ3) is 10.4. The van der Waals surface area contributed by atoms with E-state index in [-0.39, 0.29) is 6.42 Å². The number of aliphatic carboxylic acids is 2. The monoisotopic (exact) mass is 328 g/mol. The SMILES string of the molecule is CCCCCCC(CCCCCC)(CCCCC(=O)O)C(=O)O. The normalized spacial score (nSPS) is 11.6. The van der Waals surface area contributed by atoms with Gasteiger partial charge in [0, 0.05) is 6.42 Å². The molecule has 0 unspecified atom stereocenters. The van der Waals surface area contributed by atoms with Crippen molar-refractivity contribution in [2.24, 2.45) is 5.41 Å². The summed E-state index contributed by atoms with van der Waals surface area (Å²) < 4.78 is 0. The first-order valence-electron chi connectivity index (χ1n) is 9.43. The van der Waals surface area contributed by atoms with Crippen LogP contribution in [0.3, 0.4) is 0 Å². The zero-order chi connectivity index (χ0) is 17.6. The van der Waals surface area contributed by atoms with Crippen molar-refractivity contribution in [1.82, 2.24) is 0 Å². The van der Waals surface area contributed by atoms with E-state index in [1.54, 1.807) is 0 Å². The molecular weight excluding hydrogens is 292 g/mol. The van der Waals surface area contributed by atoms with Gasteiger partial charge >= 0.3 is 11.9 Å². The first kappa shape index (κ1) is 21.9. The van der Waals surface area contributed by atoms with Gasteiger partial charge in [-0.2, -0.15) is 0 Å². The van der Waals surface area contributed by atoms with Crippen molar-refractivity contribution in [1.29, 1.82) is 0 Å². The van der Waals surface area contributed by atoms with Crippen LogP contribution in [0.15, 0.2) is 0 Å². The lowest BCUT2D eigenvalue weighted by molar-refractivity contribution is -0.150. The van der Waals surface area contributed by atoms with Crippen LogP contribution in [0.25, 0.3) is 0 Å². The summed E-state index contributed by atoms with van der Waals surface area (Å²) in [4.78, 5) is 22.6. The number of hydrogen-bond donors (Lipinski definition) is 2. The molecule has 136 valence electrons. The van der Waals surface area contributed by atoms with Crippen LogP contribution in [-0.2, 0) is 9.59 Å². The van der Waals surface area contributed by atoms with Crippen LogP contribution in [0.4, 0.5) is 0 Å². The molecule has 0 fully saturated rings. The average Bonchev–Trinajstić information content (AvgIpc) is 2.51. The van der Waals surface area contributed by atoms with Crippen LogP contribution in [0.2, 0.25) is 0 Å². The molecule has 0 rings (SSSR count). The highest BCUT2D eigenvalue weighted by Gasteiger charge is 2.36. The van der Waals surface area contributed by atoms with Crippen LogP contribution in [-0.4, -0.2) is 22.2 Å². The van der Waals surface area contributed by atoms with Crippen molar-refractivity contribution < 1.29 is 19.8 Å². The Morgan fingerprint density at radius 3 is 1.48 bits per heavy atom. The fourth-order valence-corrected chi connectivity index (χ4v) is 3.22. The van der Waals surface area contributed by atoms with Gasteiger partial charge in [0.1, 0.15) is 0 Å². The molecule has 0 aliphatic carbocycles. The van der Waals surface area contributed by atoms with E-state index in [2.05, 4.69) is 13.8 Å². The molecule has 0 atom stereocenters. The number of unbranched alkanes of at least 4 members (excludes halogenated alkanes) is 7. The number of rotatable bonds is 16. The highest BCUT2D eigenvalue weighted by atomic mass is 16.4. The number of carbonyl (C=O) groups is 2. The third-order valence-electron chi connectivity index (χ3n) is 4.77. The van der Waals surface area contributed by atoms with Crippen molar-refractivity contribution in [3.63, 3.8) is 0 Å². The summed E-state index contributed by atoms with van der Waals surface area (Å²) in [5.74, 6) is -1.47. The second-order valence-corrected chi connectivity index (χ2v) is 6.81. The average molecular weight is 328 g/mol. The molecule has 23 heavy (non-hydrogen) atoms. The van der Waals surface area contributed by atoms with Gasteiger partial charge in [-0.3, -0.25) is 9.59 Å². The molecule has 0 aromatic carbocycles. The van der Waals surface area contributed by atoms with Gasteiger partial charge in [0.25, 0.3) is 0 Å². The Balaban J connectivity index is 4.58. The maximum Gasteiger partial charge on any atom is 0.309 e. The van der Waals surface area contributed by atoms with Crippen molar-refractivity contribution in [2.45, 2.75) is 104 Å². The molecule has 0 aliphatic heterocycles. The van der Waals surface area contributed by atoms with Gasteiger partial charge in [-0.25, -0.2) is 0 Å². The van der Waals surface area contributed by atoms with E-state index >= 15 is 0 Å². The summed E-state index contributed by atoms with van der Waals surface area (Å²) >= 11 is 0. The van der Waals surface area contributed by atoms with Gasteiger partial charge in [-0.05, 0) is 25.7 Å². The van der Waals surface area contributed by atoms with Crippen molar-refractivity contribution in [2.75, 3.05) is 0 Å². The molecule has 0 aliphatic rings. The zero-order valence-corrected chi connectivity index (χ0v) is 15.1. The predicted molar refractivity (Wildman–Crippen MR) is 93.7 cm³/mol. The fraction of sp³-hybridized carbons (Fsp3) is 0.895. The molecule has 0 saturated heterocycles. The second-order valence-electron chi connectivity index (χ2n) is 6.81.